The number of carbonyl (C=O) groups is 1. The molecule has 1 aliphatic heterocycles. The molecule has 1 aliphatic rings. The first-order chi connectivity index (χ1) is 9.67. The number of rotatable bonds is 2. The molecule has 130 valence electrons. The lowest BCUT2D eigenvalue weighted by atomic mass is 9.78. The van der Waals surface area contributed by atoms with Gasteiger partial charge in [-0.2, -0.15) is 0 Å². The van der Waals surface area contributed by atoms with E-state index in [9.17, 15) is 15.0 Å². The summed E-state index contributed by atoms with van der Waals surface area (Å²) in [5, 5.41) is 19.7. The van der Waals surface area contributed by atoms with Crippen molar-refractivity contribution in [1.29, 1.82) is 0 Å². The molecule has 0 aromatic rings. The van der Waals surface area contributed by atoms with Crippen molar-refractivity contribution in [2.24, 2.45) is 5.41 Å². The van der Waals surface area contributed by atoms with E-state index in [0.717, 1.165) is 0 Å². The molecular weight excluding hydrogens is 298 g/mol. The monoisotopic (exact) mass is 331 g/mol. The lowest BCUT2D eigenvalue weighted by Gasteiger charge is -2.51. The van der Waals surface area contributed by atoms with Crippen LogP contribution in [0.4, 0.5) is 4.79 Å². The first-order valence-electron chi connectivity index (χ1n) is 8.02. The number of β-amino-alcohol motifs (C(OH)–C–C–N with tert-alkyl or cyclic N) is 1. The first-order valence-corrected chi connectivity index (χ1v) is 10.9. The Morgan fingerprint density at radius 2 is 1.68 bits per heavy atom. The molecule has 0 aromatic carbocycles. The van der Waals surface area contributed by atoms with Gasteiger partial charge in [-0.05, 0) is 23.5 Å². The summed E-state index contributed by atoms with van der Waals surface area (Å²) in [5.74, 6) is 0. The smallest absolute Gasteiger partial charge is 0.407 e. The summed E-state index contributed by atoms with van der Waals surface area (Å²) in [5.41, 5.74) is -0.244. The molecule has 6 heteroatoms. The Hall–Kier alpha value is -0.593. The van der Waals surface area contributed by atoms with Crippen molar-refractivity contribution in [3.05, 3.63) is 0 Å². The molecule has 1 saturated heterocycles. The van der Waals surface area contributed by atoms with Crippen LogP contribution in [-0.2, 0) is 4.43 Å². The molecule has 0 aliphatic carbocycles. The normalized spacial score (nSPS) is 27.9. The van der Waals surface area contributed by atoms with Gasteiger partial charge in [0.25, 0.3) is 0 Å². The Labute approximate surface area is 135 Å². The number of amides is 1. The lowest BCUT2D eigenvalue weighted by Crippen LogP contribution is -2.63. The molecule has 3 atom stereocenters. The molecule has 22 heavy (non-hydrogen) atoms. The van der Waals surface area contributed by atoms with Gasteiger partial charge in [0.1, 0.15) is 0 Å². The standard InChI is InChI=1S/C16H33NO4Si/c1-15(2,3)13-12(21-22(7,8)16(4,5)6)9-11(18)10-17(13)14(19)20/h11-13,18H,9-10H2,1-8H3,(H,19,20)/t11-,12+,13?/m0/s1. The van der Waals surface area contributed by atoms with E-state index in [1.165, 1.54) is 4.90 Å². The van der Waals surface area contributed by atoms with Gasteiger partial charge in [0, 0.05) is 6.42 Å². The Balaban J connectivity index is 3.15. The van der Waals surface area contributed by atoms with Crippen LogP contribution in [0.5, 0.6) is 0 Å². The third-order valence-electron chi connectivity index (χ3n) is 4.98. The van der Waals surface area contributed by atoms with E-state index in [-0.39, 0.29) is 29.1 Å². The van der Waals surface area contributed by atoms with Crippen molar-refractivity contribution in [3.63, 3.8) is 0 Å². The van der Waals surface area contributed by atoms with Gasteiger partial charge in [-0.15, -0.1) is 0 Å². The van der Waals surface area contributed by atoms with Crippen molar-refractivity contribution in [2.75, 3.05) is 6.54 Å². The Morgan fingerprint density at radius 1 is 1.18 bits per heavy atom. The third-order valence-corrected chi connectivity index (χ3v) is 9.49. The number of piperidine rings is 1. The largest absolute Gasteiger partial charge is 0.465 e. The van der Waals surface area contributed by atoms with E-state index in [4.69, 9.17) is 4.43 Å². The Morgan fingerprint density at radius 3 is 2.05 bits per heavy atom. The number of aliphatic hydroxyl groups excluding tert-OH is 1. The number of carboxylic acid groups (broad SMARTS) is 1. The van der Waals surface area contributed by atoms with Crippen molar-refractivity contribution >= 4 is 14.4 Å². The fourth-order valence-electron chi connectivity index (χ4n) is 2.90. The van der Waals surface area contributed by atoms with Gasteiger partial charge in [0.15, 0.2) is 8.32 Å². The fourth-order valence-corrected chi connectivity index (χ4v) is 4.24. The molecule has 1 fully saturated rings. The number of hydrogen-bond acceptors (Lipinski definition) is 3. The summed E-state index contributed by atoms with van der Waals surface area (Å²) >= 11 is 0. The van der Waals surface area contributed by atoms with E-state index < -0.39 is 20.5 Å². The third kappa shape index (κ3) is 4.23. The van der Waals surface area contributed by atoms with Crippen LogP contribution in [0.2, 0.25) is 18.1 Å². The quantitative estimate of drug-likeness (QED) is 0.759. The summed E-state index contributed by atoms with van der Waals surface area (Å²) in [4.78, 5) is 13.0. The molecule has 5 nitrogen and oxygen atoms in total. The average Bonchev–Trinajstić information content (AvgIpc) is 2.23. The van der Waals surface area contributed by atoms with Gasteiger partial charge in [0.2, 0.25) is 0 Å². The van der Waals surface area contributed by atoms with Gasteiger partial charge in [-0.25, -0.2) is 4.79 Å². The predicted octanol–water partition coefficient (Wildman–Crippen LogP) is 3.54. The van der Waals surface area contributed by atoms with Crippen LogP contribution in [-0.4, -0.2) is 54.3 Å². The molecule has 1 unspecified atom stereocenters. The molecule has 2 N–H and O–H groups in total. The average molecular weight is 332 g/mol. The molecule has 0 saturated carbocycles. The van der Waals surface area contributed by atoms with Crippen LogP contribution >= 0.6 is 0 Å². The summed E-state index contributed by atoms with van der Waals surface area (Å²) in [6.45, 7) is 17.1. The van der Waals surface area contributed by atoms with Gasteiger partial charge < -0.3 is 14.6 Å². The number of hydrogen-bond donors (Lipinski definition) is 2. The summed E-state index contributed by atoms with van der Waals surface area (Å²) in [6, 6.07) is -0.248. The molecule has 0 bridgehead atoms. The predicted molar refractivity (Wildman–Crippen MR) is 90.7 cm³/mol. The fraction of sp³-hybridized carbons (Fsp3) is 0.938. The maximum atomic E-state index is 11.6. The molecule has 0 spiro atoms. The molecule has 0 radical (unpaired) electrons. The molecule has 1 rings (SSSR count). The molecule has 1 heterocycles. The highest BCUT2D eigenvalue weighted by Crippen LogP contribution is 2.41. The van der Waals surface area contributed by atoms with E-state index in [2.05, 4.69) is 33.9 Å². The first kappa shape index (κ1) is 19.5. The maximum Gasteiger partial charge on any atom is 0.407 e. The Bertz CT molecular complexity index is 411. The number of nitrogens with zero attached hydrogens (tertiary/aromatic N) is 1. The van der Waals surface area contributed by atoms with E-state index >= 15 is 0 Å². The van der Waals surface area contributed by atoms with Crippen molar-refractivity contribution in [3.8, 4) is 0 Å². The van der Waals surface area contributed by atoms with Gasteiger partial charge in [-0.1, -0.05) is 41.5 Å². The minimum Gasteiger partial charge on any atom is -0.465 e. The zero-order valence-corrected chi connectivity index (χ0v) is 16.3. The number of likely N-dealkylation sites (tertiary alicyclic amines) is 1. The molecule has 0 aromatic heterocycles. The highest BCUT2D eigenvalue weighted by Gasteiger charge is 2.48. The van der Waals surface area contributed by atoms with Crippen molar-refractivity contribution < 1.29 is 19.4 Å². The minimum absolute atomic E-state index is 0.0475. The SMILES string of the molecule is CC(C)(C)C1[C@H](O[Si](C)(C)C(C)(C)C)C[C@H](O)CN1C(=O)O. The van der Waals surface area contributed by atoms with Crippen LogP contribution in [0, 0.1) is 5.41 Å². The molecule has 1 amide bonds. The van der Waals surface area contributed by atoms with Crippen LogP contribution < -0.4 is 0 Å². The van der Waals surface area contributed by atoms with Gasteiger partial charge in [-0.3, -0.25) is 4.90 Å². The van der Waals surface area contributed by atoms with E-state index in [1.807, 2.05) is 20.8 Å². The highest BCUT2D eigenvalue weighted by molar-refractivity contribution is 6.74. The zero-order valence-electron chi connectivity index (χ0n) is 15.3. The maximum absolute atomic E-state index is 11.6. The van der Waals surface area contributed by atoms with Crippen LogP contribution in [0.25, 0.3) is 0 Å². The summed E-state index contributed by atoms with van der Waals surface area (Å²) < 4.78 is 6.51. The highest BCUT2D eigenvalue weighted by atomic mass is 28.4. The topological polar surface area (TPSA) is 70.0 Å². The van der Waals surface area contributed by atoms with Crippen molar-refractivity contribution in [1.82, 2.24) is 4.90 Å². The Kier molecular flexibility index (Phi) is 5.42. The van der Waals surface area contributed by atoms with Crippen LogP contribution in [0.3, 0.4) is 0 Å². The van der Waals surface area contributed by atoms with Gasteiger partial charge in [0.05, 0.1) is 24.8 Å². The second-order valence-corrected chi connectivity index (χ2v) is 13.8. The number of aliphatic hydroxyl groups is 1. The zero-order chi connectivity index (χ0) is 17.5. The van der Waals surface area contributed by atoms with E-state index in [1.54, 1.807) is 0 Å². The summed E-state index contributed by atoms with van der Waals surface area (Å²) in [6.07, 6.45) is -1.41. The van der Waals surface area contributed by atoms with Gasteiger partial charge >= 0.3 is 6.09 Å². The van der Waals surface area contributed by atoms with E-state index in [0.29, 0.717) is 6.42 Å². The second-order valence-electron chi connectivity index (χ2n) is 9.05. The summed E-state index contributed by atoms with van der Waals surface area (Å²) in [7, 11) is -2.04. The van der Waals surface area contributed by atoms with Crippen molar-refractivity contribution in [2.45, 2.75) is 84.3 Å². The minimum atomic E-state index is -2.04. The van der Waals surface area contributed by atoms with Crippen LogP contribution in [0.15, 0.2) is 0 Å². The second kappa shape index (κ2) is 6.13. The molecular formula is C16H33NO4Si. The lowest BCUT2D eigenvalue weighted by molar-refractivity contribution is -0.0681. The van der Waals surface area contributed by atoms with Crippen LogP contribution in [0.1, 0.15) is 48.0 Å².